The van der Waals surface area contributed by atoms with E-state index in [1.54, 1.807) is 7.11 Å². The summed E-state index contributed by atoms with van der Waals surface area (Å²) in [4.78, 5) is 2.44. The van der Waals surface area contributed by atoms with Crippen LogP contribution in [-0.4, -0.2) is 19.7 Å². The van der Waals surface area contributed by atoms with Crippen molar-refractivity contribution in [2.45, 2.75) is 32.7 Å². The van der Waals surface area contributed by atoms with Gasteiger partial charge in [-0.1, -0.05) is 13.8 Å². The minimum absolute atomic E-state index is 0.650. The molecule has 1 aromatic carbocycles. The topological polar surface area (TPSA) is 38.5 Å². The van der Waals surface area contributed by atoms with Crippen LogP contribution in [0.15, 0.2) is 18.2 Å². The van der Waals surface area contributed by atoms with Crippen molar-refractivity contribution in [3.05, 3.63) is 18.2 Å². The molecule has 0 unspecified atom stereocenters. The van der Waals surface area contributed by atoms with Crippen LogP contribution in [0.2, 0.25) is 0 Å². The molecule has 1 aliphatic rings. The molecule has 0 aliphatic heterocycles. The maximum absolute atomic E-state index is 6.12. The molecular weight excluding hydrogens is 212 g/mol. The number of hydrogen-bond acceptors (Lipinski definition) is 3. The van der Waals surface area contributed by atoms with Gasteiger partial charge in [-0.3, -0.25) is 0 Å². The molecule has 0 atom stereocenters. The van der Waals surface area contributed by atoms with Crippen molar-refractivity contribution in [2.75, 3.05) is 24.3 Å². The maximum Gasteiger partial charge on any atom is 0.121 e. The van der Waals surface area contributed by atoms with Gasteiger partial charge in [0.05, 0.1) is 18.5 Å². The smallest absolute Gasteiger partial charge is 0.121 e. The van der Waals surface area contributed by atoms with E-state index in [1.807, 2.05) is 12.1 Å². The van der Waals surface area contributed by atoms with Crippen LogP contribution >= 0.6 is 0 Å². The second-order valence-electron chi connectivity index (χ2n) is 5.20. The molecule has 0 saturated heterocycles. The third-order valence-electron chi connectivity index (χ3n) is 3.09. The van der Waals surface area contributed by atoms with E-state index in [9.17, 15) is 0 Å². The second kappa shape index (κ2) is 4.86. The Morgan fingerprint density at radius 2 is 2.12 bits per heavy atom. The number of benzene rings is 1. The molecule has 0 bridgehead atoms. The second-order valence-corrected chi connectivity index (χ2v) is 5.20. The summed E-state index contributed by atoms with van der Waals surface area (Å²) < 4.78 is 5.19. The lowest BCUT2D eigenvalue weighted by molar-refractivity contribution is 0.415. The zero-order chi connectivity index (χ0) is 12.4. The van der Waals surface area contributed by atoms with E-state index in [2.05, 4.69) is 24.8 Å². The number of rotatable bonds is 5. The lowest BCUT2D eigenvalue weighted by Crippen LogP contribution is -2.30. The van der Waals surface area contributed by atoms with Gasteiger partial charge in [0.15, 0.2) is 0 Å². The van der Waals surface area contributed by atoms with Gasteiger partial charge in [0.25, 0.3) is 0 Å². The maximum atomic E-state index is 6.12. The molecule has 0 radical (unpaired) electrons. The molecule has 0 amide bonds. The number of hydrogen-bond donors (Lipinski definition) is 1. The third-order valence-corrected chi connectivity index (χ3v) is 3.09. The van der Waals surface area contributed by atoms with Gasteiger partial charge in [0.2, 0.25) is 0 Å². The van der Waals surface area contributed by atoms with Crippen LogP contribution in [0.25, 0.3) is 0 Å². The number of nitrogens with two attached hydrogens (primary N) is 1. The lowest BCUT2D eigenvalue weighted by atomic mass is 10.1. The average molecular weight is 234 g/mol. The fraction of sp³-hybridized carbons (Fsp3) is 0.571. The largest absolute Gasteiger partial charge is 0.497 e. The molecular formula is C14H22N2O. The monoisotopic (exact) mass is 234 g/mol. The van der Waals surface area contributed by atoms with Crippen LogP contribution in [0.1, 0.15) is 26.7 Å². The Hall–Kier alpha value is -1.38. The Labute approximate surface area is 104 Å². The summed E-state index contributed by atoms with van der Waals surface area (Å²) in [6.07, 6.45) is 2.58. The quantitative estimate of drug-likeness (QED) is 0.796. The summed E-state index contributed by atoms with van der Waals surface area (Å²) in [5.74, 6) is 1.48. The molecule has 2 rings (SSSR count). The molecule has 1 aliphatic carbocycles. The van der Waals surface area contributed by atoms with Crippen LogP contribution in [-0.2, 0) is 0 Å². The fourth-order valence-electron chi connectivity index (χ4n) is 2.14. The van der Waals surface area contributed by atoms with E-state index in [4.69, 9.17) is 10.5 Å². The van der Waals surface area contributed by atoms with Crippen molar-refractivity contribution < 1.29 is 4.74 Å². The van der Waals surface area contributed by atoms with Crippen molar-refractivity contribution in [1.29, 1.82) is 0 Å². The van der Waals surface area contributed by atoms with Crippen molar-refractivity contribution in [2.24, 2.45) is 5.92 Å². The molecule has 0 spiro atoms. The normalized spacial score (nSPS) is 15.1. The molecule has 3 heteroatoms. The summed E-state index contributed by atoms with van der Waals surface area (Å²) >= 11 is 0. The molecule has 2 N–H and O–H groups in total. The van der Waals surface area contributed by atoms with E-state index in [0.717, 1.165) is 23.7 Å². The molecule has 1 saturated carbocycles. The SMILES string of the molecule is COc1ccc(N(CC(C)C)C2CC2)c(N)c1. The molecule has 0 heterocycles. The van der Waals surface area contributed by atoms with Gasteiger partial charge < -0.3 is 15.4 Å². The van der Waals surface area contributed by atoms with E-state index in [0.29, 0.717) is 12.0 Å². The van der Waals surface area contributed by atoms with Crippen LogP contribution in [0, 0.1) is 5.92 Å². The lowest BCUT2D eigenvalue weighted by Gasteiger charge is -2.28. The Morgan fingerprint density at radius 1 is 1.41 bits per heavy atom. The van der Waals surface area contributed by atoms with Crippen molar-refractivity contribution in [3.63, 3.8) is 0 Å². The number of ether oxygens (including phenoxy) is 1. The van der Waals surface area contributed by atoms with Crippen LogP contribution in [0.3, 0.4) is 0 Å². The third kappa shape index (κ3) is 2.84. The summed E-state index contributed by atoms with van der Waals surface area (Å²) in [6.45, 7) is 5.56. The van der Waals surface area contributed by atoms with Crippen LogP contribution in [0.4, 0.5) is 11.4 Å². The standard InChI is InChI=1S/C14H22N2O/c1-10(2)9-16(11-4-5-11)14-7-6-12(17-3)8-13(14)15/h6-8,10-11H,4-5,9,15H2,1-3H3. The number of nitrogens with zero attached hydrogens (tertiary/aromatic N) is 1. The zero-order valence-corrected chi connectivity index (χ0v) is 10.9. The van der Waals surface area contributed by atoms with Gasteiger partial charge in [0, 0.05) is 18.7 Å². The highest BCUT2D eigenvalue weighted by atomic mass is 16.5. The minimum atomic E-state index is 0.650. The number of methoxy groups -OCH3 is 1. The van der Waals surface area contributed by atoms with Crippen LogP contribution < -0.4 is 15.4 Å². The highest BCUT2D eigenvalue weighted by Crippen LogP contribution is 2.36. The van der Waals surface area contributed by atoms with Crippen molar-refractivity contribution in [3.8, 4) is 5.75 Å². The van der Waals surface area contributed by atoms with Gasteiger partial charge in [0.1, 0.15) is 5.75 Å². The first-order valence-electron chi connectivity index (χ1n) is 6.32. The van der Waals surface area contributed by atoms with Crippen molar-refractivity contribution in [1.82, 2.24) is 0 Å². The molecule has 1 aromatic rings. The molecule has 1 fully saturated rings. The first kappa shape index (κ1) is 12.1. The molecule has 17 heavy (non-hydrogen) atoms. The predicted molar refractivity (Wildman–Crippen MR) is 72.6 cm³/mol. The van der Waals surface area contributed by atoms with Gasteiger partial charge in [-0.05, 0) is 30.9 Å². The van der Waals surface area contributed by atoms with Gasteiger partial charge >= 0.3 is 0 Å². The first-order chi connectivity index (χ1) is 8.11. The molecule has 0 aromatic heterocycles. The van der Waals surface area contributed by atoms with E-state index in [-0.39, 0.29) is 0 Å². The van der Waals surface area contributed by atoms with Gasteiger partial charge in [-0.15, -0.1) is 0 Å². The van der Waals surface area contributed by atoms with E-state index in [1.165, 1.54) is 12.8 Å². The summed E-state index contributed by atoms with van der Waals surface area (Å²) in [5, 5.41) is 0. The highest BCUT2D eigenvalue weighted by molar-refractivity contribution is 5.70. The number of anilines is 2. The predicted octanol–water partition coefficient (Wildman–Crippen LogP) is 2.90. The molecule has 94 valence electrons. The zero-order valence-electron chi connectivity index (χ0n) is 10.9. The Bertz CT molecular complexity index is 386. The fourth-order valence-corrected chi connectivity index (χ4v) is 2.14. The summed E-state index contributed by atoms with van der Waals surface area (Å²) in [7, 11) is 1.67. The Morgan fingerprint density at radius 3 is 2.59 bits per heavy atom. The Kier molecular flexibility index (Phi) is 3.46. The number of nitrogen functional groups attached to an aromatic ring is 1. The van der Waals surface area contributed by atoms with Gasteiger partial charge in [-0.25, -0.2) is 0 Å². The average Bonchev–Trinajstić information content (AvgIpc) is 3.09. The molecule has 3 nitrogen and oxygen atoms in total. The summed E-state index contributed by atoms with van der Waals surface area (Å²) in [5.41, 5.74) is 8.09. The van der Waals surface area contributed by atoms with Crippen LogP contribution in [0.5, 0.6) is 5.75 Å². The highest BCUT2D eigenvalue weighted by Gasteiger charge is 2.30. The Balaban J connectivity index is 2.23. The van der Waals surface area contributed by atoms with E-state index >= 15 is 0 Å². The van der Waals surface area contributed by atoms with E-state index < -0.39 is 0 Å². The minimum Gasteiger partial charge on any atom is -0.497 e. The van der Waals surface area contributed by atoms with Gasteiger partial charge in [-0.2, -0.15) is 0 Å². The first-order valence-corrected chi connectivity index (χ1v) is 6.32. The van der Waals surface area contributed by atoms with Crippen molar-refractivity contribution >= 4 is 11.4 Å². The summed E-state index contributed by atoms with van der Waals surface area (Å²) in [6, 6.07) is 6.66.